The summed E-state index contributed by atoms with van der Waals surface area (Å²) in [6.07, 6.45) is 4.46. The Bertz CT molecular complexity index is 385. The fraction of sp³-hybridized carbons (Fsp3) is 0.889. The van der Waals surface area contributed by atoms with E-state index in [1.54, 1.807) is 4.90 Å². The first-order chi connectivity index (χ1) is 11.5. The van der Waals surface area contributed by atoms with Gasteiger partial charge in [0.05, 0.1) is 6.54 Å². The Kier molecular flexibility index (Phi) is 9.76. The molecule has 0 aromatic carbocycles. The normalized spacial score (nSPS) is 17.2. The van der Waals surface area contributed by atoms with E-state index in [0.717, 1.165) is 45.0 Å². The van der Waals surface area contributed by atoms with Crippen LogP contribution in [0.2, 0.25) is 0 Å². The van der Waals surface area contributed by atoms with Gasteiger partial charge in [0.25, 0.3) is 0 Å². The molecule has 1 aliphatic heterocycles. The number of piperidine rings is 1. The lowest BCUT2D eigenvalue weighted by molar-refractivity contribution is -0.130. The maximum Gasteiger partial charge on any atom is 0.236 e. The summed E-state index contributed by atoms with van der Waals surface area (Å²) < 4.78 is 0. The standard InChI is InChI=1S/C18H37N5O/c1-6-15(7-2)13-20-18(19-8-3)21-16-9-11-23(12-10-16)14-17(24)22(4)5/h15-16H,6-14H2,1-5H3,(H2,19,20,21). The van der Waals surface area contributed by atoms with Crippen molar-refractivity contribution in [1.82, 2.24) is 20.4 Å². The summed E-state index contributed by atoms with van der Waals surface area (Å²) in [6, 6.07) is 0.440. The van der Waals surface area contributed by atoms with Crippen LogP contribution < -0.4 is 10.6 Å². The molecule has 1 saturated heterocycles. The van der Waals surface area contributed by atoms with Gasteiger partial charge in [-0.15, -0.1) is 0 Å². The average molecular weight is 340 g/mol. The van der Waals surface area contributed by atoms with E-state index in [9.17, 15) is 4.79 Å². The van der Waals surface area contributed by atoms with Crippen LogP contribution in [0.4, 0.5) is 0 Å². The topological polar surface area (TPSA) is 60.0 Å². The number of nitrogens with one attached hydrogen (secondary N) is 2. The van der Waals surface area contributed by atoms with Crippen molar-refractivity contribution in [3.63, 3.8) is 0 Å². The van der Waals surface area contributed by atoms with Gasteiger partial charge >= 0.3 is 0 Å². The van der Waals surface area contributed by atoms with E-state index in [1.165, 1.54) is 12.8 Å². The van der Waals surface area contributed by atoms with Crippen molar-refractivity contribution in [3.05, 3.63) is 0 Å². The lowest BCUT2D eigenvalue weighted by Crippen LogP contribution is -2.50. The van der Waals surface area contributed by atoms with Crippen molar-refractivity contribution >= 4 is 11.9 Å². The zero-order valence-electron chi connectivity index (χ0n) is 16.3. The van der Waals surface area contributed by atoms with Crippen molar-refractivity contribution < 1.29 is 4.79 Å². The van der Waals surface area contributed by atoms with Crippen molar-refractivity contribution in [3.8, 4) is 0 Å². The molecule has 0 unspecified atom stereocenters. The van der Waals surface area contributed by atoms with Crippen molar-refractivity contribution in [1.29, 1.82) is 0 Å². The number of likely N-dealkylation sites (N-methyl/N-ethyl adjacent to an activating group) is 1. The molecule has 1 aliphatic rings. The number of amides is 1. The van der Waals surface area contributed by atoms with E-state index in [4.69, 9.17) is 4.99 Å². The average Bonchev–Trinajstić information content (AvgIpc) is 2.57. The summed E-state index contributed by atoms with van der Waals surface area (Å²) in [5.74, 6) is 1.79. The molecule has 1 fully saturated rings. The second-order valence-electron chi connectivity index (χ2n) is 6.89. The monoisotopic (exact) mass is 339 g/mol. The molecule has 6 nitrogen and oxygen atoms in total. The Hall–Kier alpha value is -1.30. The predicted molar refractivity (Wildman–Crippen MR) is 101 cm³/mol. The van der Waals surface area contributed by atoms with Crippen LogP contribution in [0.5, 0.6) is 0 Å². The highest BCUT2D eigenvalue weighted by Crippen LogP contribution is 2.11. The van der Waals surface area contributed by atoms with Gasteiger partial charge in [0, 0.05) is 46.3 Å². The van der Waals surface area contributed by atoms with E-state index in [1.807, 2.05) is 14.1 Å². The van der Waals surface area contributed by atoms with E-state index >= 15 is 0 Å². The Morgan fingerprint density at radius 1 is 1.21 bits per heavy atom. The molecule has 0 bridgehead atoms. The van der Waals surface area contributed by atoms with E-state index < -0.39 is 0 Å². The fourth-order valence-electron chi connectivity index (χ4n) is 2.85. The van der Waals surface area contributed by atoms with Crippen LogP contribution in [0.1, 0.15) is 46.5 Å². The van der Waals surface area contributed by atoms with E-state index in [-0.39, 0.29) is 5.91 Å². The minimum absolute atomic E-state index is 0.182. The minimum Gasteiger partial charge on any atom is -0.357 e. The summed E-state index contributed by atoms with van der Waals surface area (Å²) in [4.78, 5) is 20.5. The zero-order chi connectivity index (χ0) is 17.9. The first kappa shape index (κ1) is 20.7. The number of carbonyl (C=O) groups excluding carboxylic acids is 1. The van der Waals surface area contributed by atoms with Crippen LogP contribution in [0.25, 0.3) is 0 Å². The summed E-state index contributed by atoms with van der Waals surface area (Å²) >= 11 is 0. The third-order valence-electron chi connectivity index (χ3n) is 4.79. The molecule has 0 radical (unpaired) electrons. The molecular weight excluding hydrogens is 302 g/mol. The van der Waals surface area contributed by atoms with Gasteiger partial charge in [-0.1, -0.05) is 26.7 Å². The lowest BCUT2D eigenvalue weighted by atomic mass is 10.0. The zero-order valence-corrected chi connectivity index (χ0v) is 16.3. The minimum atomic E-state index is 0.182. The molecule has 2 N–H and O–H groups in total. The quantitative estimate of drug-likeness (QED) is 0.520. The molecule has 0 aliphatic carbocycles. The molecule has 0 saturated carbocycles. The summed E-state index contributed by atoms with van der Waals surface area (Å²) in [6.45, 7) is 10.8. The second kappa shape index (κ2) is 11.3. The van der Waals surface area contributed by atoms with Crippen molar-refractivity contribution in [2.75, 3.05) is 46.8 Å². The van der Waals surface area contributed by atoms with Crippen LogP contribution in [0.15, 0.2) is 4.99 Å². The Morgan fingerprint density at radius 2 is 1.83 bits per heavy atom. The maximum atomic E-state index is 11.8. The van der Waals surface area contributed by atoms with Gasteiger partial charge < -0.3 is 15.5 Å². The molecule has 6 heteroatoms. The Balaban J connectivity index is 2.44. The van der Waals surface area contributed by atoms with Gasteiger partial charge in [-0.05, 0) is 25.7 Å². The molecule has 1 rings (SSSR count). The lowest BCUT2D eigenvalue weighted by Gasteiger charge is -2.33. The first-order valence-corrected chi connectivity index (χ1v) is 9.47. The van der Waals surface area contributed by atoms with Crippen LogP contribution >= 0.6 is 0 Å². The molecule has 0 atom stereocenters. The molecule has 0 spiro atoms. The Labute approximate surface area is 148 Å². The number of rotatable bonds is 8. The van der Waals surface area contributed by atoms with Crippen LogP contribution in [-0.4, -0.2) is 74.5 Å². The van der Waals surface area contributed by atoms with Gasteiger partial charge in [0.1, 0.15) is 0 Å². The number of aliphatic imine (C=N–C) groups is 1. The molecule has 1 amide bonds. The van der Waals surface area contributed by atoms with Crippen LogP contribution in [-0.2, 0) is 4.79 Å². The van der Waals surface area contributed by atoms with Crippen molar-refractivity contribution in [2.24, 2.45) is 10.9 Å². The molecule has 0 aromatic heterocycles. The third kappa shape index (κ3) is 7.51. The molecule has 140 valence electrons. The number of guanidine groups is 1. The highest BCUT2D eigenvalue weighted by atomic mass is 16.2. The van der Waals surface area contributed by atoms with Gasteiger partial charge in [-0.3, -0.25) is 14.7 Å². The van der Waals surface area contributed by atoms with Gasteiger partial charge in [0.15, 0.2) is 5.96 Å². The number of likely N-dealkylation sites (tertiary alicyclic amines) is 1. The molecular formula is C18H37N5O. The Morgan fingerprint density at radius 3 is 2.33 bits per heavy atom. The van der Waals surface area contributed by atoms with E-state index in [2.05, 4.69) is 36.3 Å². The van der Waals surface area contributed by atoms with Crippen LogP contribution in [0.3, 0.4) is 0 Å². The predicted octanol–water partition coefficient (Wildman–Crippen LogP) is 1.53. The summed E-state index contributed by atoms with van der Waals surface area (Å²) in [7, 11) is 3.63. The maximum absolute atomic E-state index is 11.8. The number of hydrogen-bond donors (Lipinski definition) is 2. The smallest absolute Gasteiger partial charge is 0.236 e. The first-order valence-electron chi connectivity index (χ1n) is 9.47. The highest BCUT2D eigenvalue weighted by molar-refractivity contribution is 5.80. The molecule has 1 heterocycles. The number of carbonyl (C=O) groups is 1. The van der Waals surface area contributed by atoms with Gasteiger partial charge in [0.2, 0.25) is 5.91 Å². The number of hydrogen-bond acceptors (Lipinski definition) is 3. The second-order valence-corrected chi connectivity index (χ2v) is 6.89. The van der Waals surface area contributed by atoms with Crippen LogP contribution in [0, 0.1) is 5.92 Å². The number of nitrogens with zero attached hydrogens (tertiary/aromatic N) is 3. The van der Waals surface area contributed by atoms with Crippen molar-refractivity contribution in [2.45, 2.75) is 52.5 Å². The fourth-order valence-corrected chi connectivity index (χ4v) is 2.85. The third-order valence-corrected chi connectivity index (χ3v) is 4.79. The highest BCUT2D eigenvalue weighted by Gasteiger charge is 2.22. The van der Waals surface area contributed by atoms with Gasteiger partial charge in [-0.25, -0.2) is 0 Å². The summed E-state index contributed by atoms with van der Waals surface area (Å²) in [5.41, 5.74) is 0. The molecule has 24 heavy (non-hydrogen) atoms. The SMILES string of the molecule is CCNC(=NCC(CC)CC)NC1CCN(CC(=O)N(C)C)CC1. The molecule has 0 aromatic rings. The summed E-state index contributed by atoms with van der Waals surface area (Å²) in [5, 5.41) is 6.93. The van der Waals surface area contributed by atoms with Gasteiger partial charge in [-0.2, -0.15) is 0 Å². The van der Waals surface area contributed by atoms with E-state index in [0.29, 0.717) is 18.5 Å². The largest absolute Gasteiger partial charge is 0.357 e.